The molecule has 3 nitrogen and oxygen atoms in total. The van der Waals surface area contributed by atoms with E-state index in [1.165, 1.54) is 0 Å². The number of hydrogen-bond donors (Lipinski definition) is 0. The van der Waals surface area contributed by atoms with Gasteiger partial charge < -0.3 is 4.74 Å². The Kier molecular flexibility index (Phi) is 5.43. The first kappa shape index (κ1) is 13.1. The normalized spacial score (nSPS) is 19.1. The van der Waals surface area contributed by atoms with Gasteiger partial charge in [0.1, 0.15) is 0 Å². The molecule has 16 heavy (non-hydrogen) atoms. The number of carbonyl (C=O) groups is 2. The van der Waals surface area contributed by atoms with Gasteiger partial charge in [-0.2, -0.15) is 0 Å². The highest BCUT2D eigenvalue weighted by atomic mass is 19.1. The van der Waals surface area contributed by atoms with Gasteiger partial charge in [0.2, 0.25) is 0 Å². The maximum Gasteiger partial charge on any atom is 0.309 e. The van der Waals surface area contributed by atoms with Crippen molar-refractivity contribution in [3.05, 3.63) is 0 Å². The Labute approximate surface area is 95.3 Å². The van der Waals surface area contributed by atoms with Crippen LogP contribution >= 0.6 is 0 Å². The van der Waals surface area contributed by atoms with Gasteiger partial charge in [0.15, 0.2) is 12.0 Å². The predicted octanol–water partition coefficient (Wildman–Crippen LogP) is 2.43. The van der Waals surface area contributed by atoms with Gasteiger partial charge in [0.05, 0.1) is 13.0 Å². The van der Waals surface area contributed by atoms with Crippen molar-refractivity contribution in [2.45, 2.75) is 51.6 Å². The fourth-order valence-corrected chi connectivity index (χ4v) is 2.11. The molecule has 1 aliphatic rings. The Morgan fingerprint density at radius 1 is 1.31 bits per heavy atom. The Balaban J connectivity index is 2.37. The fourth-order valence-electron chi connectivity index (χ4n) is 2.11. The molecule has 0 radical (unpaired) electrons. The molecular weight excluding hydrogens is 211 g/mol. The molecule has 0 amide bonds. The van der Waals surface area contributed by atoms with Crippen LogP contribution in [0.4, 0.5) is 4.39 Å². The Hall–Kier alpha value is -0.930. The predicted molar refractivity (Wildman–Crippen MR) is 57.7 cm³/mol. The number of alkyl halides is 1. The fraction of sp³-hybridized carbons (Fsp3) is 0.833. The lowest BCUT2D eigenvalue weighted by atomic mass is 9.84. The lowest BCUT2D eigenvalue weighted by Crippen LogP contribution is -2.29. The van der Waals surface area contributed by atoms with Crippen molar-refractivity contribution >= 4 is 11.8 Å². The number of esters is 1. The van der Waals surface area contributed by atoms with Gasteiger partial charge in [0.25, 0.3) is 0 Å². The van der Waals surface area contributed by atoms with Crippen molar-refractivity contribution < 1.29 is 18.7 Å². The number of ketones is 1. The zero-order valence-corrected chi connectivity index (χ0v) is 9.71. The number of ether oxygens (including phenoxy) is 1. The van der Waals surface area contributed by atoms with Crippen molar-refractivity contribution in [1.29, 1.82) is 0 Å². The highest BCUT2D eigenvalue weighted by Gasteiger charge is 2.29. The van der Waals surface area contributed by atoms with E-state index in [2.05, 4.69) is 4.74 Å². The zero-order valence-electron chi connectivity index (χ0n) is 9.71. The van der Waals surface area contributed by atoms with E-state index in [1.54, 1.807) is 6.92 Å². The monoisotopic (exact) mass is 230 g/mol. The SMILES string of the molecule is CCOC(=O)CC(F)C(=O)C1CCCCC1. The molecule has 1 unspecified atom stereocenters. The van der Waals surface area contributed by atoms with E-state index in [4.69, 9.17) is 0 Å². The second kappa shape index (κ2) is 6.61. The van der Waals surface area contributed by atoms with Crippen molar-refractivity contribution in [2.75, 3.05) is 6.61 Å². The summed E-state index contributed by atoms with van der Waals surface area (Å²) >= 11 is 0. The minimum absolute atomic E-state index is 0.182. The van der Waals surface area contributed by atoms with Crippen molar-refractivity contribution in [1.82, 2.24) is 0 Å². The summed E-state index contributed by atoms with van der Waals surface area (Å²) in [6.45, 7) is 1.89. The Morgan fingerprint density at radius 2 is 1.94 bits per heavy atom. The van der Waals surface area contributed by atoms with Crippen LogP contribution in [0.25, 0.3) is 0 Å². The summed E-state index contributed by atoms with van der Waals surface area (Å²) in [5.41, 5.74) is 0. The molecule has 0 aliphatic heterocycles. The van der Waals surface area contributed by atoms with E-state index in [9.17, 15) is 14.0 Å². The average Bonchev–Trinajstić information content (AvgIpc) is 2.29. The van der Waals surface area contributed by atoms with E-state index in [0.717, 1.165) is 32.1 Å². The highest BCUT2D eigenvalue weighted by molar-refractivity contribution is 5.89. The molecule has 0 bridgehead atoms. The third-order valence-electron chi connectivity index (χ3n) is 2.97. The van der Waals surface area contributed by atoms with Crippen LogP contribution in [0.1, 0.15) is 45.4 Å². The average molecular weight is 230 g/mol. The lowest BCUT2D eigenvalue weighted by Gasteiger charge is -2.21. The van der Waals surface area contributed by atoms with E-state index >= 15 is 0 Å². The molecule has 0 heterocycles. The minimum Gasteiger partial charge on any atom is -0.466 e. The van der Waals surface area contributed by atoms with Crippen LogP contribution in [0.2, 0.25) is 0 Å². The number of Topliss-reactive ketones (excluding diaryl/α,β-unsaturated/α-hetero) is 1. The topological polar surface area (TPSA) is 43.4 Å². The Morgan fingerprint density at radius 3 is 2.50 bits per heavy atom. The van der Waals surface area contributed by atoms with Crippen LogP contribution in [0.15, 0.2) is 0 Å². The smallest absolute Gasteiger partial charge is 0.309 e. The van der Waals surface area contributed by atoms with Gasteiger partial charge in [-0.15, -0.1) is 0 Å². The van der Waals surface area contributed by atoms with Crippen molar-refractivity contribution in [3.63, 3.8) is 0 Å². The van der Waals surface area contributed by atoms with E-state index in [-0.39, 0.29) is 12.5 Å². The van der Waals surface area contributed by atoms with E-state index in [0.29, 0.717) is 0 Å². The maximum atomic E-state index is 13.5. The first-order valence-electron chi connectivity index (χ1n) is 5.98. The summed E-state index contributed by atoms with van der Waals surface area (Å²) in [6.07, 6.45) is 2.53. The first-order chi connectivity index (χ1) is 7.65. The molecule has 0 saturated heterocycles. The molecule has 1 saturated carbocycles. The van der Waals surface area contributed by atoms with Crippen LogP contribution in [0, 0.1) is 5.92 Å². The van der Waals surface area contributed by atoms with Gasteiger partial charge >= 0.3 is 5.97 Å². The largest absolute Gasteiger partial charge is 0.466 e. The zero-order chi connectivity index (χ0) is 12.0. The third-order valence-corrected chi connectivity index (χ3v) is 2.97. The van der Waals surface area contributed by atoms with Crippen LogP contribution in [-0.4, -0.2) is 24.5 Å². The van der Waals surface area contributed by atoms with Gasteiger partial charge in [0, 0.05) is 5.92 Å². The van der Waals surface area contributed by atoms with E-state index in [1.807, 2.05) is 0 Å². The summed E-state index contributed by atoms with van der Waals surface area (Å²) < 4.78 is 18.1. The van der Waals surface area contributed by atoms with Crippen LogP contribution in [0.3, 0.4) is 0 Å². The maximum absolute atomic E-state index is 13.5. The second-order valence-electron chi connectivity index (χ2n) is 4.21. The molecule has 1 fully saturated rings. The third kappa shape index (κ3) is 3.91. The molecule has 0 aromatic heterocycles. The van der Waals surface area contributed by atoms with Gasteiger partial charge in [-0.05, 0) is 19.8 Å². The number of halogens is 1. The van der Waals surface area contributed by atoms with Crippen LogP contribution < -0.4 is 0 Å². The van der Waals surface area contributed by atoms with Gasteiger partial charge in [-0.25, -0.2) is 4.39 Å². The van der Waals surface area contributed by atoms with Crippen molar-refractivity contribution in [3.8, 4) is 0 Å². The Bertz CT molecular complexity index is 247. The summed E-state index contributed by atoms with van der Waals surface area (Å²) in [7, 11) is 0. The van der Waals surface area contributed by atoms with Crippen LogP contribution in [-0.2, 0) is 14.3 Å². The molecule has 0 aromatic rings. The molecule has 0 aromatic carbocycles. The molecule has 0 spiro atoms. The first-order valence-corrected chi connectivity index (χ1v) is 5.98. The quantitative estimate of drug-likeness (QED) is 0.681. The lowest BCUT2D eigenvalue weighted by molar-refractivity contribution is -0.147. The highest BCUT2D eigenvalue weighted by Crippen LogP contribution is 2.26. The standard InChI is InChI=1S/C12H19FO3/c1-2-16-11(14)8-10(13)12(15)9-6-4-3-5-7-9/h9-10H,2-8H2,1H3. The van der Waals surface area contributed by atoms with Crippen LogP contribution in [0.5, 0.6) is 0 Å². The summed E-state index contributed by atoms with van der Waals surface area (Å²) in [4.78, 5) is 22.7. The number of hydrogen-bond acceptors (Lipinski definition) is 3. The number of carbonyl (C=O) groups excluding carboxylic acids is 2. The molecule has 92 valence electrons. The molecule has 4 heteroatoms. The summed E-state index contributed by atoms with van der Waals surface area (Å²) in [6, 6.07) is 0. The second-order valence-corrected chi connectivity index (χ2v) is 4.21. The number of rotatable bonds is 5. The van der Waals surface area contributed by atoms with Gasteiger partial charge in [-0.1, -0.05) is 19.3 Å². The van der Waals surface area contributed by atoms with Crippen molar-refractivity contribution in [2.24, 2.45) is 5.92 Å². The molecule has 1 rings (SSSR count). The summed E-state index contributed by atoms with van der Waals surface area (Å²) in [5, 5.41) is 0. The molecule has 1 aliphatic carbocycles. The summed E-state index contributed by atoms with van der Waals surface area (Å²) in [5.74, 6) is -1.22. The van der Waals surface area contributed by atoms with Gasteiger partial charge in [-0.3, -0.25) is 9.59 Å². The van der Waals surface area contributed by atoms with E-state index < -0.39 is 24.3 Å². The molecule has 1 atom stereocenters. The molecule has 0 N–H and O–H groups in total. The minimum atomic E-state index is -1.68. The molecular formula is C12H19FO3.